The van der Waals surface area contributed by atoms with E-state index in [0.717, 1.165) is 52.3 Å². The summed E-state index contributed by atoms with van der Waals surface area (Å²) in [6.07, 6.45) is -3.36. The molecule has 212 valence electrons. The Balaban J connectivity index is 1.39. The summed E-state index contributed by atoms with van der Waals surface area (Å²) >= 11 is 0. The highest BCUT2D eigenvalue weighted by Crippen LogP contribution is 2.45. The van der Waals surface area contributed by atoms with Gasteiger partial charge in [0, 0.05) is 42.4 Å². The Kier molecular flexibility index (Phi) is 7.52. The van der Waals surface area contributed by atoms with Gasteiger partial charge in [0.15, 0.2) is 5.78 Å². The van der Waals surface area contributed by atoms with Crippen LogP contribution in [0, 0.1) is 12.8 Å². The molecule has 8 heteroatoms. The van der Waals surface area contributed by atoms with Crippen LogP contribution >= 0.6 is 0 Å². The van der Waals surface area contributed by atoms with E-state index < -0.39 is 18.0 Å². The number of ether oxygens (including phenoxy) is 1. The minimum absolute atomic E-state index is 0.00536. The van der Waals surface area contributed by atoms with E-state index in [1.165, 1.54) is 6.07 Å². The highest BCUT2D eigenvalue weighted by molar-refractivity contribution is 5.96. The van der Waals surface area contributed by atoms with Crippen molar-refractivity contribution in [3.63, 3.8) is 0 Å². The van der Waals surface area contributed by atoms with Crippen LogP contribution in [0.1, 0.15) is 78.4 Å². The molecule has 3 heterocycles. The molecule has 5 rings (SSSR count). The van der Waals surface area contributed by atoms with Gasteiger partial charge in [-0.05, 0) is 66.1 Å². The highest BCUT2D eigenvalue weighted by atomic mass is 19.4. The number of alkyl halides is 3. The fourth-order valence-corrected chi connectivity index (χ4v) is 6.04. The number of Topliss-reactive ketones (excluding diaryl/α,β-unsaturated/α-hetero) is 1. The zero-order valence-corrected chi connectivity index (χ0v) is 23.3. The third kappa shape index (κ3) is 5.39. The number of fused-ring (bicyclic) bond motifs is 3. The molecular formula is C32H35F3N2O3. The van der Waals surface area contributed by atoms with Crippen LogP contribution in [0.25, 0.3) is 11.1 Å². The van der Waals surface area contributed by atoms with Gasteiger partial charge in [-0.25, -0.2) is 0 Å². The second-order valence-electron chi connectivity index (χ2n) is 11.6. The monoisotopic (exact) mass is 552 g/mol. The molecule has 1 N–H and O–H groups in total. The number of carbonyl (C=O) groups is 1. The second-order valence-corrected chi connectivity index (χ2v) is 11.6. The zero-order chi connectivity index (χ0) is 28.8. The van der Waals surface area contributed by atoms with Crippen LogP contribution in [-0.2, 0) is 10.9 Å². The number of ketones is 1. The Bertz CT molecular complexity index is 1420. The number of carbonyl (C=O) groups excluding carboxylic acids is 1. The molecule has 0 amide bonds. The molecule has 0 saturated carbocycles. The summed E-state index contributed by atoms with van der Waals surface area (Å²) in [6.45, 7) is 10.2. The molecule has 1 aromatic heterocycles. The molecule has 3 unspecified atom stereocenters. The predicted molar refractivity (Wildman–Crippen MR) is 149 cm³/mol. The maximum absolute atomic E-state index is 13.1. The number of benzene rings is 2. The first kappa shape index (κ1) is 28.3. The van der Waals surface area contributed by atoms with Crippen molar-refractivity contribution in [1.29, 1.82) is 0 Å². The molecule has 2 aliphatic heterocycles. The van der Waals surface area contributed by atoms with Crippen LogP contribution in [0.2, 0.25) is 0 Å². The van der Waals surface area contributed by atoms with E-state index in [-0.39, 0.29) is 35.1 Å². The summed E-state index contributed by atoms with van der Waals surface area (Å²) in [5.41, 5.74) is 4.97. The Morgan fingerprint density at radius 1 is 1.18 bits per heavy atom. The quantitative estimate of drug-likeness (QED) is 0.330. The minimum Gasteiger partial charge on any atom is -0.388 e. The van der Waals surface area contributed by atoms with E-state index >= 15 is 0 Å². The number of aliphatic hydroxyl groups is 1. The number of anilines is 1. The van der Waals surface area contributed by atoms with E-state index in [2.05, 4.69) is 54.1 Å². The van der Waals surface area contributed by atoms with Crippen LogP contribution in [0.3, 0.4) is 0 Å². The van der Waals surface area contributed by atoms with Gasteiger partial charge in [0.1, 0.15) is 5.69 Å². The molecule has 0 spiro atoms. The summed E-state index contributed by atoms with van der Waals surface area (Å²) in [5.74, 6) is -0.436. The van der Waals surface area contributed by atoms with E-state index in [4.69, 9.17) is 4.74 Å². The van der Waals surface area contributed by atoms with Gasteiger partial charge < -0.3 is 14.7 Å². The molecular weight excluding hydrogens is 517 g/mol. The van der Waals surface area contributed by atoms with Crippen molar-refractivity contribution in [2.24, 2.45) is 5.92 Å². The van der Waals surface area contributed by atoms with Crippen LogP contribution < -0.4 is 4.90 Å². The number of hydrogen-bond acceptors (Lipinski definition) is 5. The fraction of sp³-hybridized carbons (Fsp3) is 0.438. The fourth-order valence-electron chi connectivity index (χ4n) is 6.04. The number of aromatic nitrogens is 1. The standard InChI is InChI=1S/C32H35F3N2O3/c1-19-5-6-22(21(3)20(2)13-28(38)24-9-10-36-30(16-24)32(33,34)35)14-26(19)23-7-8-25-27(15-23)37-11-12-40-18-31(37,4)17-29(25)39/h5-10,14-16,20-21,29,39H,11-13,17-18H2,1-4H3/t20?,21?,29-,31?/m1/s1. The first-order valence-electron chi connectivity index (χ1n) is 13.7. The maximum Gasteiger partial charge on any atom is 0.433 e. The van der Waals surface area contributed by atoms with E-state index in [1.54, 1.807) is 0 Å². The number of pyridine rings is 1. The maximum atomic E-state index is 13.1. The molecule has 1 fully saturated rings. The van der Waals surface area contributed by atoms with Gasteiger partial charge in [0.25, 0.3) is 0 Å². The zero-order valence-electron chi connectivity index (χ0n) is 23.3. The molecule has 0 bridgehead atoms. The molecule has 0 radical (unpaired) electrons. The number of halogens is 3. The van der Waals surface area contributed by atoms with Crippen molar-refractivity contribution in [3.05, 3.63) is 82.7 Å². The van der Waals surface area contributed by atoms with Gasteiger partial charge >= 0.3 is 6.18 Å². The number of nitrogens with zero attached hydrogens (tertiary/aromatic N) is 2. The number of aliphatic hydroxyl groups excluding tert-OH is 1. The molecule has 1 saturated heterocycles. The summed E-state index contributed by atoms with van der Waals surface area (Å²) in [6, 6.07) is 14.7. The van der Waals surface area contributed by atoms with Gasteiger partial charge in [-0.2, -0.15) is 13.2 Å². The van der Waals surface area contributed by atoms with Crippen LogP contribution in [0.4, 0.5) is 18.9 Å². The lowest BCUT2D eigenvalue weighted by atomic mass is 9.81. The molecule has 2 aliphatic rings. The van der Waals surface area contributed by atoms with Crippen molar-refractivity contribution in [2.45, 2.75) is 64.3 Å². The van der Waals surface area contributed by atoms with E-state index in [9.17, 15) is 23.1 Å². The third-order valence-electron chi connectivity index (χ3n) is 8.67. The first-order chi connectivity index (χ1) is 18.9. The van der Waals surface area contributed by atoms with Crippen LogP contribution in [0.5, 0.6) is 0 Å². The lowest BCUT2D eigenvalue weighted by molar-refractivity contribution is -0.141. The lowest BCUT2D eigenvalue weighted by Crippen LogP contribution is -2.58. The van der Waals surface area contributed by atoms with Crippen molar-refractivity contribution >= 4 is 11.5 Å². The SMILES string of the molecule is Cc1ccc(C(C)C(C)CC(=O)c2ccnc(C(F)(F)F)c2)cc1-c1ccc2c(c1)N1CCOCC1(C)C[C@H]2O. The summed E-state index contributed by atoms with van der Waals surface area (Å²) in [4.78, 5) is 18.6. The van der Waals surface area contributed by atoms with Crippen molar-refractivity contribution < 1.29 is 27.8 Å². The summed E-state index contributed by atoms with van der Waals surface area (Å²) < 4.78 is 45.0. The molecule has 5 nitrogen and oxygen atoms in total. The van der Waals surface area contributed by atoms with Gasteiger partial charge in [-0.1, -0.05) is 44.2 Å². The number of hydrogen-bond donors (Lipinski definition) is 1. The molecule has 4 atom stereocenters. The normalized spacial score (nSPS) is 22.3. The Labute approximate surface area is 233 Å². The number of aryl methyl sites for hydroxylation is 1. The molecule has 2 aromatic carbocycles. The van der Waals surface area contributed by atoms with Crippen molar-refractivity contribution in [2.75, 3.05) is 24.7 Å². The Hall–Kier alpha value is -3.23. The predicted octanol–water partition coefficient (Wildman–Crippen LogP) is 7.12. The minimum atomic E-state index is -4.59. The van der Waals surface area contributed by atoms with Gasteiger partial charge in [-0.15, -0.1) is 0 Å². The highest BCUT2D eigenvalue weighted by Gasteiger charge is 2.43. The Morgan fingerprint density at radius 2 is 1.95 bits per heavy atom. The van der Waals surface area contributed by atoms with Crippen molar-refractivity contribution in [1.82, 2.24) is 4.98 Å². The van der Waals surface area contributed by atoms with E-state index in [0.29, 0.717) is 19.6 Å². The number of rotatable bonds is 6. The average molecular weight is 553 g/mol. The average Bonchev–Trinajstić information content (AvgIpc) is 2.92. The summed E-state index contributed by atoms with van der Waals surface area (Å²) in [5, 5.41) is 10.9. The summed E-state index contributed by atoms with van der Waals surface area (Å²) in [7, 11) is 0. The first-order valence-corrected chi connectivity index (χ1v) is 13.7. The largest absolute Gasteiger partial charge is 0.433 e. The molecule has 40 heavy (non-hydrogen) atoms. The lowest BCUT2D eigenvalue weighted by Gasteiger charge is -2.51. The molecule has 3 aromatic rings. The van der Waals surface area contributed by atoms with Crippen LogP contribution in [0.15, 0.2) is 54.7 Å². The van der Waals surface area contributed by atoms with Crippen LogP contribution in [-0.4, -0.2) is 41.2 Å². The van der Waals surface area contributed by atoms with E-state index in [1.807, 2.05) is 19.9 Å². The molecule has 0 aliphatic carbocycles. The van der Waals surface area contributed by atoms with Gasteiger partial charge in [-0.3, -0.25) is 9.78 Å². The number of morpholine rings is 1. The Morgan fingerprint density at radius 3 is 2.70 bits per heavy atom. The second kappa shape index (κ2) is 10.6. The van der Waals surface area contributed by atoms with Gasteiger partial charge in [0.05, 0.1) is 24.9 Å². The van der Waals surface area contributed by atoms with Crippen molar-refractivity contribution in [3.8, 4) is 11.1 Å². The van der Waals surface area contributed by atoms with Gasteiger partial charge in [0.2, 0.25) is 0 Å². The third-order valence-corrected chi connectivity index (χ3v) is 8.67. The smallest absolute Gasteiger partial charge is 0.388 e. The topological polar surface area (TPSA) is 62.7 Å².